The van der Waals surface area contributed by atoms with Crippen LogP contribution in [0.4, 0.5) is 10.7 Å². The van der Waals surface area contributed by atoms with Gasteiger partial charge in [-0.1, -0.05) is 0 Å². The molecule has 1 N–H and O–H groups in total. The van der Waals surface area contributed by atoms with Gasteiger partial charge in [0.2, 0.25) is 5.95 Å². The van der Waals surface area contributed by atoms with Crippen LogP contribution in [0.2, 0.25) is 0 Å². The molecule has 0 atom stereocenters. The van der Waals surface area contributed by atoms with Gasteiger partial charge in [-0.25, -0.2) is 19.7 Å². The van der Waals surface area contributed by atoms with Gasteiger partial charge in [0.25, 0.3) is 0 Å². The number of anilines is 1. The van der Waals surface area contributed by atoms with E-state index in [2.05, 4.69) is 14.9 Å². The van der Waals surface area contributed by atoms with Gasteiger partial charge in [0.15, 0.2) is 6.67 Å². The highest BCUT2D eigenvalue weighted by atomic mass is 16.2. The monoisotopic (exact) mass is 333 g/mol. The van der Waals surface area contributed by atoms with E-state index in [0.717, 1.165) is 40.9 Å². The average Bonchev–Trinajstić information content (AvgIpc) is 2.80. The SMILES string of the molecule is CC(C)N1C(=O)C(=O)N(C[NH+]2CCN(c3ncccn3)CC2)C1=O. The lowest BCUT2D eigenvalue weighted by Crippen LogP contribution is -3.16. The Bertz CT molecular complexity index is 642. The van der Waals surface area contributed by atoms with Crippen molar-refractivity contribution in [2.24, 2.45) is 0 Å². The smallest absolute Gasteiger partial charge is 0.330 e. The molecule has 2 aliphatic heterocycles. The van der Waals surface area contributed by atoms with Crippen LogP contribution in [0.25, 0.3) is 0 Å². The predicted molar refractivity (Wildman–Crippen MR) is 84.0 cm³/mol. The van der Waals surface area contributed by atoms with Crippen LogP contribution in [-0.4, -0.2) is 76.5 Å². The summed E-state index contributed by atoms with van der Waals surface area (Å²) in [4.78, 5) is 50.0. The second-order valence-electron chi connectivity index (χ2n) is 6.23. The Hall–Kier alpha value is -2.55. The van der Waals surface area contributed by atoms with Gasteiger partial charge >= 0.3 is 17.8 Å². The topological polar surface area (TPSA) is 91.2 Å². The second kappa shape index (κ2) is 6.52. The maximum absolute atomic E-state index is 12.3. The van der Waals surface area contributed by atoms with E-state index in [-0.39, 0.29) is 12.7 Å². The summed E-state index contributed by atoms with van der Waals surface area (Å²) < 4.78 is 0. The number of piperazine rings is 1. The number of hydrogen-bond donors (Lipinski definition) is 1. The summed E-state index contributed by atoms with van der Waals surface area (Å²) in [5.74, 6) is -0.772. The Kier molecular flexibility index (Phi) is 4.43. The van der Waals surface area contributed by atoms with Crippen molar-refractivity contribution in [1.82, 2.24) is 19.8 Å². The number of urea groups is 1. The molecule has 4 amide bonds. The summed E-state index contributed by atoms with van der Waals surface area (Å²) >= 11 is 0. The van der Waals surface area contributed by atoms with Crippen molar-refractivity contribution in [3.8, 4) is 0 Å². The molecule has 0 unspecified atom stereocenters. The van der Waals surface area contributed by atoms with E-state index in [1.165, 1.54) is 0 Å². The molecular formula is C15H21N6O3+. The molecule has 24 heavy (non-hydrogen) atoms. The molecule has 0 bridgehead atoms. The molecule has 3 rings (SSSR count). The molecule has 3 heterocycles. The van der Waals surface area contributed by atoms with Gasteiger partial charge in [0.1, 0.15) is 0 Å². The third kappa shape index (κ3) is 2.94. The Morgan fingerprint density at radius 1 is 1.08 bits per heavy atom. The van der Waals surface area contributed by atoms with Crippen molar-refractivity contribution in [2.75, 3.05) is 37.7 Å². The zero-order chi connectivity index (χ0) is 17.3. The highest BCUT2D eigenvalue weighted by molar-refractivity contribution is 6.44. The van der Waals surface area contributed by atoms with Crippen LogP contribution < -0.4 is 9.80 Å². The first-order chi connectivity index (χ1) is 11.5. The Morgan fingerprint density at radius 2 is 1.71 bits per heavy atom. The van der Waals surface area contributed by atoms with Crippen molar-refractivity contribution < 1.29 is 19.3 Å². The van der Waals surface area contributed by atoms with E-state index in [9.17, 15) is 14.4 Å². The lowest BCUT2D eigenvalue weighted by atomic mass is 10.3. The van der Waals surface area contributed by atoms with Gasteiger partial charge in [-0.3, -0.25) is 14.5 Å². The minimum absolute atomic E-state index is 0.218. The van der Waals surface area contributed by atoms with E-state index in [4.69, 9.17) is 0 Å². The molecule has 2 fully saturated rings. The molecule has 9 heteroatoms. The summed E-state index contributed by atoms with van der Waals surface area (Å²) in [7, 11) is 0. The van der Waals surface area contributed by atoms with Gasteiger partial charge in [-0.05, 0) is 19.9 Å². The number of amides is 4. The molecule has 1 aromatic rings. The van der Waals surface area contributed by atoms with E-state index in [0.29, 0.717) is 5.95 Å². The Balaban J connectivity index is 1.59. The molecule has 0 aliphatic carbocycles. The Morgan fingerprint density at radius 3 is 2.25 bits per heavy atom. The minimum Gasteiger partial charge on any atom is -0.330 e. The molecule has 2 saturated heterocycles. The Labute approximate surface area is 139 Å². The maximum Gasteiger partial charge on any atom is 0.338 e. The summed E-state index contributed by atoms with van der Waals surface area (Å²) in [6, 6.07) is 0.940. The van der Waals surface area contributed by atoms with Gasteiger partial charge in [-0.15, -0.1) is 0 Å². The van der Waals surface area contributed by atoms with Crippen LogP contribution in [-0.2, 0) is 9.59 Å². The van der Waals surface area contributed by atoms with Crippen molar-refractivity contribution in [3.05, 3.63) is 18.5 Å². The molecular weight excluding hydrogens is 312 g/mol. The van der Waals surface area contributed by atoms with E-state index < -0.39 is 17.8 Å². The number of carbonyl (C=O) groups excluding carboxylic acids is 3. The van der Waals surface area contributed by atoms with Crippen molar-refractivity contribution >= 4 is 23.8 Å². The van der Waals surface area contributed by atoms with E-state index in [1.807, 2.05) is 0 Å². The fourth-order valence-electron chi connectivity index (χ4n) is 2.98. The quantitative estimate of drug-likeness (QED) is 0.524. The molecule has 2 aliphatic rings. The zero-order valence-electron chi connectivity index (χ0n) is 13.8. The number of quaternary nitrogens is 1. The van der Waals surface area contributed by atoms with Crippen LogP contribution in [0.15, 0.2) is 18.5 Å². The number of hydrogen-bond acceptors (Lipinski definition) is 6. The predicted octanol–water partition coefficient (Wildman–Crippen LogP) is -1.66. The summed E-state index contributed by atoms with van der Waals surface area (Å²) in [6.45, 7) is 6.61. The molecule has 0 aromatic carbocycles. The molecule has 0 saturated carbocycles. The fraction of sp³-hybridized carbons (Fsp3) is 0.533. The third-order valence-corrected chi connectivity index (χ3v) is 4.29. The van der Waals surface area contributed by atoms with Gasteiger partial charge in [0.05, 0.1) is 26.2 Å². The van der Waals surface area contributed by atoms with Crippen LogP contribution in [0, 0.1) is 0 Å². The summed E-state index contributed by atoms with van der Waals surface area (Å²) in [5, 5.41) is 0. The third-order valence-electron chi connectivity index (χ3n) is 4.29. The van der Waals surface area contributed by atoms with E-state index >= 15 is 0 Å². The number of carbonyl (C=O) groups is 3. The van der Waals surface area contributed by atoms with Crippen molar-refractivity contribution in [3.63, 3.8) is 0 Å². The zero-order valence-corrected chi connectivity index (χ0v) is 13.8. The maximum atomic E-state index is 12.3. The highest BCUT2D eigenvalue weighted by Crippen LogP contribution is 2.14. The van der Waals surface area contributed by atoms with Crippen LogP contribution in [0.3, 0.4) is 0 Å². The normalized spacial score (nSPS) is 19.8. The van der Waals surface area contributed by atoms with Gasteiger partial charge < -0.3 is 9.80 Å². The number of aromatic nitrogens is 2. The molecule has 1 aromatic heterocycles. The average molecular weight is 333 g/mol. The first-order valence-corrected chi connectivity index (χ1v) is 8.03. The first kappa shape index (κ1) is 16.3. The van der Waals surface area contributed by atoms with Crippen molar-refractivity contribution in [2.45, 2.75) is 19.9 Å². The fourth-order valence-corrected chi connectivity index (χ4v) is 2.98. The standard InChI is InChI=1S/C15H20N6O3/c1-11(2)21-13(23)12(22)20(15(21)24)10-18-6-8-19(9-7-18)14-16-4-3-5-17-14/h3-5,11H,6-10H2,1-2H3/p+1. The minimum atomic E-state index is -0.731. The van der Waals surface area contributed by atoms with Crippen molar-refractivity contribution in [1.29, 1.82) is 0 Å². The van der Waals surface area contributed by atoms with Gasteiger partial charge in [0, 0.05) is 18.4 Å². The number of nitrogens with one attached hydrogen (secondary N) is 1. The largest absolute Gasteiger partial charge is 0.338 e. The van der Waals surface area contributed by atoms with Crippen LogP contribution >= 0.6 is 0 Å². The number of nitrogens with zero attached hydrogens (tertiary/aromatic N) is 5. The number of rotatable bonds is 4. The first-order valence-electron chi connectivity index (χ1n) is 8.03. The molecule has 0 spiro atoms. The van der Waals surface area contributed by atoms with E-state index in [1.54, 1.807) is 32.3 Å². The summed E-state index contributed by atoms with van der Waals surface area (Å²) in [5.41, 5.74) is 0. The van der Waals surface area contributed by atoms with Gasteiger partial charge in [-0.2, -0.15) is 0 Å². The molecule has 128 valence electrons. The van der Waals surface area contributed by atoms with Crippen LogP contribution in [0.1, 0.15) is 13.8 Å². The second-order valence-corrected chi connectivity index (χ2v) is 6.23. The number of imide groups is 2. The lowest BCUT2D eigenvalue weighted by Gasteiger charge is -2.33. The summed E-state index contributed by atoms with van der Waals surface area (Å²) in [6.07, 6.45) is 3.41. The molecule has 9 nitrogen and oxygen atoms in total. The highest BCUT2D eigenvalue weighted by Gasteiger charge is 2.47. The molecule has 0 radical (unpaired) electrons. The van der Waals surface area contributed by atoms with Crippen LogP contribution in [0.5, 0.6) is 0 Å². The lowest BCUT2D eigenvalue weighted by molar-refractivity contribution is -0.907.